The van der Waals surface area contributed by atoms with E-state index in [0.29, 0.717) is 30.6 Å². The fourth-order valence-electron chi connectivity index (χ4n) is 4.65. The average Bonchev–Trinajstić information content (AvgIpc) is 3.24. The monoisotopic (exact) mass is 492 g/mol. The summed E-state index contributed by atoms with van der Waals surface area (Å²) in [5.74, 6) is -1.69. The number of carbonyl (C=O) groups excluding carboxylic acids is 3. The molecule has 2 N–H and O–H groups in total. The molecule has 36 heavy (non-hydrogen) atoms. The van der Waals surface area contributed by atoms with Crippen LogP contribution in [0.1, 0.15) is 60.9 Å². The minimum Gasteiger partial charge on any atom is -0.360 e. The van der Waals surface area contributed by atoms with Crippen molar-refractivity contribution >= 4 is 28.5 Å². The molecular weight excluding hydrogens is 459 g/mol. The Balaban J connectivity index is 1.52. The van der Waals surface area contributed by atoms with E-state index in [4.69, 9.17) is 0 Å². The van der Waals surface area contributed by atoms with Crippen LogP contribution in [0.15, 0.2) is 48.7 Å². The van der Waals surface area contributed by atoms with Crippen LogP contribution >= 0.6 is 0 Å². The van der Waals surface area contributed by atoms with Crippen molar-refractivity contribution in [1.29, 1.82) is 0 Å². The third kappa shape index (κ3) is 5.49. The highest BCUT2D eigenvalue weighted by Crippen LogP contribution is 2.25. The number of fused-ring (bicyclic) bond motifs is 1. The number of nitrogens with one attached hydrogen (secondary N) is 2. The highest BCUT2D eigenvalue weighted by atomic mass is 19.1. The van der Waals surface area contributed by atoms with E-state index in [2.05, 4.69) is 22.1 Å². The van der Waals surface area contributed by atoms with Crippen LogP contribution in [0.4, 0.5) is 4.39 Å². The molecule has 7 nitrogen and oxygen atoms in total. The third-order valence-electron chi connectivity index (χ3n) is 6.54. The number of rotatable bonds is 5. The number of amides is 2. The molecule has 0 spiro atoms. The second-order valence-electron chi connectivity index (χ2n) is 10.7. The number of ketones is 1. The molecule has 1 aromatic heterocycles. The largest absolute Gasteiger partial charge is 0.360 e. The number of benzene rings is 2. The molecular formula is C28H33FN4O3. The number of Topliss-reactive ketones (excluding diaryl/α,β-unsaturated/α-hetero) is 1. The molecule has 0 aliphatic carbocycles. The van der Waals surface area contributed by atoms with Gasteiger partial charge in [-0.15, -0.1) is 0 Å². The first-order chi connectivity index (χ1) is 16.9. The van der Waals surface area contributed by atoms with E-state index in [1.54, 1.807) is 36.5 Å². The molecule has 2 heterocycles. The molecule has 3 aromatic rings. The van der Waals surface area contributed by atoms with Crippen molar-refractivity contribution in [3.05, 3.63) is 71.2 Å². The topological polar surface area (TPSA) is 85.5 Å². The number of halogens is 1. The Morgan fingerprint density at radius 3 is 2.39 bits per heavy atom. The van der Waals surface area contributed by atoms with E-state index in [1.807, 2.05) is 32.6 Å². The Hall–Kier alpha value is -3.52. The number of piperazine rings is 1. The van der Waals surface area contributed by atoms with Crippen LogP contribution in [-0.4, -0.2) is 63.1 Å². The molecule has 1 fully saturated rings. The lowest BCUT2D eigenvalue weighted by molar-refractivity contribution is -0.118. The van der Waals surface area contributed by atoms with Gasteiger partial charge in [-0.2, -0.15) is 0 Å². The van der Waals surface area contributed by atoms with Crippen LogP contribution in [-0.2, 0) is 11.3 Å². The normalized spacial score (nSPS) is 18.9. The van der Waals surface area contributed by atoms with Gasteiger partial charge in [0.05, 0.1) is 5.56 Å². The molecule has 1 saturated heterocycles. The highest BCUT2D eigenvalue weighted by Gasteiger charge is 2.33. The maximum atomic E-state index is 13.6. The van der Waals surface area contributed by atoms with Crippen LogP contribution in [0.25, 0.3) is 10.9 Å². The predicted molar refractivity (Wildman–Crippen MR) is 137 cm³/mol. The molecule has 1 aliphatic rings. The molecule has 2 amide bonds. The summed E-state index contributed by atoms with van der Waals surface area (Å²) in [6.07, 6.45) is 1.67. The molecule has 2 aromatic carbocycles. The van der Waals surface area contributed by atoms with Gasteiger partial charge in [-0.3, -0.25) is 19.3 Å². The maximum Gasteiger partial charge on any atom is 0.292 e. The van der Waals surface area contributed by atoms with Gasteiger partial charge in [0.15, 0.2) is 0 Å². The second-order valence-corrected chi connectivity index (χ2v) is 10.7. The SMILES string of the molecule is C[C@@H]1CN(Cc2ccc(F)cc2)[C@@H](C)CN1C(=O)c1c[nH]c2ccc(C(=O)C(=O)NC(C)(C)C)cc12. The summed E-state index contributed by atoms with van der Waals surface area (Å²) in [4.78, 5) is 46.0. The van der Waals surface area contributed by atoms with E-state index in [1.165, 1.54) is 12.1 Å². The van der Waals surface area contributed by atoms with Crippen molar-refractivity contribution < 1.29 is 18.8 Å². The molecule has 4 rings (SSSR count). The van der Waals surface area contributed by atoms with Crippen molar-refractivity contribution in [3.63, 3.8) is 0 Å². The fourth-order valence-corrected chi connectivity index (χ4v) is 4.65. The van der Waals surface area contributed by atoms with Gasteiger partial charge in [0, 0.05) is 59.9 Å². The van der Waals surface area contributed by atoms with Crippen molar-refractivity contribution in [2.24, 2.45) is 0 Å². The van der Waals surface area contributed by atoms with Crippen LogP contribution in [0.2, 0.25) is 0 Å². The van der Waals surface area contributed by atoms with Gasteiger partial charge in [-0.05, 0) is 70.5 Å². The Kier molecular flexibility index (Phi) is 7.00. The second kappa shape index (κ2) is 9.85. The number of hydrogen-bond donors (Lipinski definition) is 2. The van der Waals surface area contributed by atoms with Crippen LogP contribution in [0.5, 0.6) is 0 Å². The van der Waals surface area contributed by atoms with E-state index < -0.39 is 17.2 Å². The van der Waals surface area contributed by atoms with Crippen molar-refractivity contribution in [3.8, 4) is 0 Å². The van der Waals surface area contributed by atoms with Crippen molar-refractivity contribution in [2.75, 3.05) is 13.1 Å². The minimum absolute atomic E-state index is 0.0403. The Bertz CT molecular complexity index is 1290. The van der Waals surface area contributed by atoms with Gasteiger partial charge in [-0.1, -0.05) is 12.1 Å². The Morgan fingerprint density at radius 2 is 1.72 bits per heavy atom. The summed E-state index contributed by atoms with van der Waals surface area (Å²) in [6.45, 7) is 11.4. The first-order valence-corrected chi connectivity index (χ1v) is 12.2. The van der Waals surface area contributed by atoms with Crippen molar-refractivity contribution in [2.45, 2.75) is 58.8 Å². The third-order valence-corrected chi connectivity index (χ3v) is 6.54. The lowest BCUT2D eigenvalue weighted by Gasteiger charge is -2.44. The summed E-state index contributed by atoms with van der Waals surface area (Å²) in [5.41, 5.74) is 1.93. The zero-order valence-corrected chi connectivity index (χ0v) is 21.4. The quantitative estimate of drug-likeness (QED) is 0.414. The van der Waals surface area contributed by atoms with E-state index in [9.17, 15) is 18.8 Å². The number of H-pyrrole nitrogens is 1. The minimum atomic E-state index is -0.676. The van der Waals surface area contributed by atoms with Crippen molar-refractivity contribution in [1.82, 2.24) is 20.1 Å². The van der Waals surface area contributed by atoms with Gasteiger partial charge in [0.1, 0.15) is 5.82 Å². The summed E-state index contributed by atoms with van der Waals surface area (Å²) in [6, 6.07) is 11.5. The first kappa shape index (κ1) is 25.6. The smallest absolute Gasteiger partial charge is 0.292 e. The lowest BCUT2D eigenvalue weighted by atomic mass is 10.0. The molecule has 0 saturated carbocycles. The Morgan fingerprint density at radius 1 is 1.03 bits per heavy atom. The average molecular weight is 493 g/mol. The highest BCUT2D eigenvalue weighted by molar-refractivity contribution is 6.43. The molecule has 0 unspecified atom stereocenters. The fraction of sp³-hybridized carbons (Fsp3) is 0.393. The zero-order chi connectivity index (χ0) is 26.2. The van der Waals surface area contributed by atoms with E-state index >= 15 is 0 Å². The summed E-state index contributed by atoms with van der Waals surface area (Å²) in [5, 5.41) is 3.30. The van der Waals surface area contributed by atoms with Gasteiger partial charge in [0.2, 0.25) is 5.78 Å². The van der Waals surface area contributed by atoms with Gasteiger partial charge in [0.25, 0.3) is 11.8 Å². The maximum absolute atomic E-state index is 13.6. The zero-order valence-electron chi connectivity index (χ0n) is 21.4. The standard InChI is InChI=1S/C28H33FN4O3/c1-17-15-33(18(2)14-32(17)16-19-6-9-21(29)10-7-19)27(36)23-13-30-24-11-8-20(12-22(23)24)25(34)26(35)31-28(3,4)5/h6-13,17-18,30H,14-16H2,1-5H3,(H,31,35)/t17-,18+/m0/s1. The number of aromatic amines is 1. The predicted octanol–water partition coefficient (Wildman–Crippen LogP) is 4.14. The number of carbonyl (C=O) groups is 3. The molecule has 8 heteroatoms. The summed E-state index contributed by atoms with van der Waals surface area (Å²) in [7, 11) is 0. The van der Waals surface area contributed by atoms with Gasteiger partial charge < -0.3 is 15.2 Å². The molecule has 190 valence electrons. The molecule has 0 bridgehead atoms. The number of hydrogen-bond acceptors (Lipinski definition) is 4. The first-order valence-electron chi connectivity index (χ1n) is 12.2. The summed E-state index contributed by atoms with van der Waals surface area (Å²) >= 11 is 0. The Labute approximate surface area is 210 Å². The summed E-state index contributed by atoms with van der Waals surface area (Å²) < 4.78 is 13.3. The number of aromatic nitrogens is 1. The molecule has 1 aliphatic heterocycles. The molecule has 0 radical (unpaired) electrons. The van der Waals surface area contributed by atoms with Crippen LogP contribution in [0.3, 0.4) is 0 Å². The van der Waals surface area contributed by atoms with Crippen LogP contribution < -0.4 is 5.32 Å². The number of nitrogens with zero attached hydrogens (tertiary/aromatic N) is 2. The van der Waals surface area contributed by atoms with Gasteiger partial charge in [-0.25, -0.2) is 4.39 Å². The lowest BCUT2D eigenvalue weighted by Crippen LogP contribution is -2.57. The van der Waals surface area contributed by atoms with Crippen LogP contribution in [0, 0.1) is 5.82 Å². The van der Waals surface area contributed by atoms with E-state index in [0.717, 1.165) is 11.1 Å². The molecule has 2 atom stereocenters. The van der Waals surface area contributed by atoms with E-state index in [-0.39, 0.29) is 29.4 Å². The van der Waals surface area contributed by atoms with Gasteiger partial charge >= 0.3 is 0 Å².